The van der Waals surface area contributed by atoms with Crippen LogP contribution in [0.2, 0.25) is 0 Å². The Hall–Kier alpha value is -6.78. The molecule has 0 saturated heterocycles. The highest BCUT2D eigenvalue weighted by Gasteiger charge is 2.54. The Kier molecular flexibility index (Phi) is 7.76. The van der Waals surface area contributed by atoms with Crippen molar-refractivity contribution in [2.45, 2.75) is 87.9 Å². The van der Waals surface area contributed by atoms with Gasteiger partial charge in [-0.05, 0) is 228 Å². The number of aromatic nitrogens is 1. The molecule has 8 aromatic carbocycles. The zero-order valence-electron chi connectivity index (χ0n) is 40.9. The Morgan fingerprint density at radius 3 is 1.67 bits per heavy atom. The Bertz CT molecular complexity index is 3880. The van der Waals surface area contributed by atoms with Crippen LogP contribution in [0.5, 0.6) is 0 Å². The van der Waals surface area contributed by atoms with Crippen LogP contribution in [0.3, 0.4) is 0 Å². The lowest BCUT2D eigenvalue weighted by Gasteiger charge is -2.57. The lowest BCUT2D eigenvalue weighted by atomic mass is 9.42. The van der Waals surface area contributed by atoms with E-state index in [1.165, 1.54) is 171 Å². The molecular formula is C68H57BN2O. The van der Waals surface area contributed by atoms with Crippen LogP contribution < -0.4 is 15.7 Å². The fourth-order valence-electron chi connectivity index (χ4n) is 18.8. The molecule has 10 aromatic rings. The molecule has 4 heteroatoms. The standard InChI is InChI=1S/C68H57BN2O/c1-3-9-46(10-4-1)48-15-18-52(19-16-48)71-61-33-64-56(53-13-7-8-14-63(53)72-64)32-55(61)57-27-49(47-11-5-2-6-12-47)28-62-65(57)69(71)59-31-51(68-37-43-24-44(38-68)26-45(25-43)39-68)30-58-54-29-50(17-20-60(54)70(62)66(58)59)67-34-40-21-41(35-67)23-42(22-40)36-67/h1-20,27-33,40-45H,21-26,34-39H2. The van der Waals surface area contributed by atoms with Gasteiger partial charge in [-0.2, -0.15) is 0 Å². The molecule has 2 aromatic heterocycles. The zero-order chi connectivity index (χ0) is 46.6. The number of benzene rings is 8. The van der Waals surface area contributed by atoms with Gasteiger partial charge in [-0.25, -0.2) is 0 Å². The molecule has 10 aliphatic rings. The van der Waals surface area contributed by atoms with Gasteiger partial charge in [0, 0.05) is 50.2 Å². The third-order valence-electron chi connectivity index (χ3n) is 20.8. The van der Waals surface area contributed by atoms with Crippen molar-refractivity contribution in [3.63, 3.8) is 0 Å². The molecule has 8 fully saturated rings. The first kappa shape index (κ1) is 39.8. The number of hydrogen-bond donors (Lipinski definition) is 0. The van der Waals surface area contributed by atoms with Crippen LogP contribution in [-0.2, 0) is 10.8 Å². The number of para-hydroxylation sites is 1. The van der Waals surface area contributed by atoms with E-state index < -0.39 is 0 Å². The maximum Gasteiger partial charge on any atom is 0.333 e. The number of anilines is 2. The van der Waals surface area contributed by atoms with Crippen molar-refractivity contribution in [3.8, 4) is 39.1 Å². The van der Waals surface area contributed by atoms with E-state index in [2.05, 4.69) is 173 Å². The second kappa shape index (κ2) is 14.0. The van der Waals surface area contributed by atoms with Crippen molar-refractivity contribution in [1.29, 1.82) is 0 Å². The van der Waals surface area contributed by atoms with Gasteiger partial charge in [-0.15, -0.1) is 0 Å². The summed E-state index contributed by atoms with van der Waals surface area (Å²) in [5.74, 6) is 5.31. The van der Waals surface area contributed by atoms with Gasteiger partial charge in [0.1, 0.15) is 11.2 Å². The van der Waals surface area contributed by atoms with Gasteiger partial charge in [0.25, 0.3) is 0 Å². The summed E-state index contributed by atoms with van der Waals surface area (Å²) in [6.45, 7) is -0.0625. The summed E-state index contributed by atoms with van der Waals surface area (Å²) >= 11 is 0. The van der Waals surface area contributed by atoms with Crippen molar-refractivity contribution in [2.75, 3.05) is 4.81 Å². The topological polar surface area (TPSA) is 21.3 Å². The molecule has 348 valence electrons. The maximum atomic E-state index is 6.85. The normalized spacial score (nSPS) is 27.9. The van der Waals surface area contributed by atoms with E-state index in [1.807, 2.05) is 0 Å². The second-order valence-electron chi connectivity index (χ2n) is 24.9. The molecule has 2 aliphatic heterocycles. The van der Waals surface area contributed by atoms with Crippen molar-refractivity contribution < 1.29 is 4.42 Å². The van der Waals surface area contributed by atoms with E-state index in [0.29, 0.717) is 5.41 Å². The number of nitrogens with zero attached hydrogens (tertiary/aromatic N) is 2. The highest BCUT2D eigenvalue weighted by molar-refractivity contribution is 6.93. The Labute approximate surface area is 422 Å². The van der Waals surface area contributed by atoms with Crippen molar-refractivity contribution in [2.24, 2.45) is 35.5 Å². The lowest BCUT2D eigenvalue weighted by molar-refractivity contribution is -0.00526. The smallest absolute Gasteiger partial charge is 0.333 e. The summed E-state index contributed by atoms with van der Waals surface area (Å²) in [5.41, 5.74) is 22.7. The monoisotopic (exact) mass is 928 g/mol. The molecule has 0 spiro atoms. The average molecular weight is 929 g/mol. The first-order valence-corrected chi connectivity index (χ1v) is 27.8. The molecule has 4 heterocycles. The Balaban J connectivity index is 0.961. The van der Waals surface area contributed by atoms with Crippen molar-refractivity contribution in [1.82, 2.24) is 4.57 Å². The largest absolute Gasteiger partial charge is 0.456 e. The lowest BCUT2D eigenvalue weighted by Crippen LogP contribution is -2.61. The second-order valence-corrected chi connectivity index (χ2v) is 24.9. The third-order valence-corrected chi connectivity index (χ3v) is 20.8. The van der Waals surface area contributed by atoms with E-state index in [-0.39, 0.29) is 12.3 Å². The van der Waals surface area contributed by atoms with Gasteiger partial charge in [0.2, 0.25) is 0 Å². The molecule has 0 unspecified atom stereocenters. The van der Waals surface area contributed by atoms with Crippen LogP contribution >= 0.6 is 0 Å². The van der Waals surface area contributed by atoms with E-state index in [0.717, 1.165) is 46.7 Å². The highest BCUT2D eigenvalue weighted by Crippen LogP contribution is 2.63. The minimum absolute atomic E-state index is 0.0625. The van der Waals surface area contributed by atoms with Gasteiger partial charge < -0.3 is 13.8 Å². The van der Waals surface area contributed by atoms with Crippen LogP contribution in [0, 0.1) is 35.5 Å². The molecule has 3 nitrogen and oxygen atoms in total. The number of rotatable bonds is 5. The van der Waals surface area contributed by atoms with E-state index in [4.69, 9.17) is 4.42 Å². The third kappa shape index (κ3) is 5.38. The fraction of sp³-hybridized carbons (Fsp3) is 0.294. The molecule has 8 saturated carbocycles. The van der Waals surface area contributed by atoms with Crippen LogP contribution in [0.1, 0.15) is 88.2 Å². The summed E-state index contributed by atoms with van der Waals surface area (Å²) in [7, 11) is 0. The van der Waals surface area contributed by atoms with Gasteiger partial charge in [-0.1, -0.05) is 103 Å². The van der Waals surface area contributed by atoms with Gasteiger partial charge in [-0.3, -0.25) is 0 Å². The molecule has 8 bridgehead atoms. The summed E-state index contributed by atoms with van der Waals surface area (Å²) in [4.78, 5) is 2.74. The highest BCUT2D eigenvalue weighted by atomic mass is 16.3. The summed E-state index contributed by atoms with van der Waals surface area (Å²) in [5, 5.41) is 5.30. The Morgan fingerprint density at radius 1 is 0.417 bits per heavy atom. The van der Waals surface area contributed by atoms with Crippen LogP contribution in [0.4, 0.5) is 11.4 Å². The fourth-order valence-corrected chi connectivity index (χ4v) is 18.8. The Morgan fingerprint density at radius 2 is 1.00 bits per heavy atom. The first-order valence-electron chi connectivity index (χ1n) is 27.8. The van der Waals surface area contributed by atoms with Crippen LogP contribution in [0.15, 0.2) is 168 Å². The predicted molar refractivity (Wildman–Crippen MR) is 298 cm³/mol. The molecule has 8 aliphatic carbocycles. The van der Waals surface area contributed by atoms with Crippen molar-refractivity contribution >= 4 is 72.9 Å². The SMILES string of the molecule is c1ccc(-c2ccc(N3B4c5c(cc(-c6ccccc6)cc5-n5c6ccc(C78CC9CC(CC(C9)C7)C8)cc6c6cc(C78CC9CC(CC(C9)C7)C8)cc4c65)-c4cc5c(cc43)oc3ccccc35)cc2)cc1. The summed E-state index contributed by atoms with van der Waals surface area (Å²) in [6, 6.07) is 63.7. The molecule has 0 atom stereocenters. The summed E-state index contributed by atoms with van der Waals surface area (Å²) in [6.07, 6.45) is 17.0. The van der Waals surface area contributed by atoms with Crippen LogP contribution in [0.25, 0.3) is 82.8 Å². The molecule has 0 N–H and O–H groups in total. The van der Waals surface area contributed by atoms with Gasteiger partial charge >= 0.3 is 6.85 Å². The molecule has 0 amide bonds. The average Bonchev–Trinajstić information content (AvgIpc) is 3.94. The minimum atomic E-state index is -0.0625. The number of hydrogen-bond acceptors (Lipinski definition) is 2. The first-order chi connectivity index (χ1) is 35.5. The summed E-state index contributed by atoms with van der Waals surface area (Å²) < 4.78 is 9.61. The van der Waals surface area contributed by atoms with Crippen molar-refractivity contribution in [3.05, 3.63) is 175 Å². The number of fused-ring (bicyclic) bond motifs is 10. The zero-order valence-corrected chi connectivity index (χ0v) is 40.9. The predicted octanol–water partition coefficient (Wildman–Crippen LogP) is 16.2. The number of furan rings is 1. The van der Waals surface area contributed by atoms with Gasteiger partial charge in [0.15, 0.2) is 0 Å². The van der Waals surface area contributed by atoms with E-state index in [9.17, 15) is 0 Å². The maximum absolute atomic E-state index is 6.85. The molecule has 0 radical (unpaired) electrons. The van der Waals surface area contributed by atoms with Crippen LogP contribution in [-0.4, -0.2) is 11.4 Å². The molecule has 20 rings (SSSR count). The van der Waals surface area contributed by atoms with E-state index in [1.54, 1.807) is 11.1 Å². The minimum Gasteiger partial charge on any atom is -0.456 e. The van der Waals surface area contributed by atoms with Gasteiger partial charge in [0.05, 0.1) is 11.0 Å². The van der Waals surface area contributed by atoms with E-state index >= 15 is 0 Å². The quantitative estimate of drug-likeness (QED) is 0.160. The molecular weight excluding hydrogens is 872 g/mol. The molecule has 72 heavy (non-hydrogen) atoms.